The molecule has 1 fully saturated rings. The van der Waals surface area contributed by atoms with Crippen molar-refractivity contribution in [3.63, 3.8) is 0 Å². The highest BCUT2D eigenvalue weighted by Gasteiger charge is 2.43. The van der Waals surface area contributed by atoms with Gasteiger partial charge in [-0.2, -0.15) is 0 Å². The largest absolute Gasteiger partial charge is 0.486 e. The van der Waals surface area contributed by atoms with E-state index in [-0.39, 0.29) is 5.78 Å². The third-order valence-electron chi connectivity index (χ3n) is 5.45. The van der Waals surface area contributed by atoms with Crippen LogP contribution in [0.1, 0.15) is 35.2 Å². The molecule has 2 aromatic carbocycles. The van der Waals surface area contributed by atoms with Crippen LogP contribution in [0.5, 0.6) is 5.75 Å². The molecule has 0 atom stereocenters. The molecular weight excluding hydrogens is 356 g/mol. The fourth-order valence-electron chi connectivity index (χ4n) is 3.91. The molecule has 6 nitrogen and oxygen atoms in total. The fraction of sp³-hybridized carbons (Fsp3) is 0.273. The summed E-state index contributed by atoms with van der Waals surface area (Å²) in [6.45, 7) is 1.70. The van der Waals surface area contributed by atoms with Crippen molar-refractivity contribution < 1.29 is 19.5 Å². The number of hydroxylamine groups is 1. The zero-order valence-corrected chi connectivity index (χ0v) is 15.4. The molecule has 0 aliphatic carbocycles. The van der Waals surface area contributed by atoms with Gasteiger partial charge in [0, 0.05) is 37.7 Å². The van der Waals surface area contributed by atoms with Gasteiger partial charge in [0.05, 0.1) is 12.0 Å². The second-order valence-corrected chi connectivity index (χ2v) is 7.27. The monoisotopic (exact) mass is 378 g/mol. The zero-order valence-electron chi connectivity index (χ0n) is 15.4. The Morgan fingerprint density at radius 1 is 1.14 bits per heavy atom. The van der Waals surface area contributed by atoms with Crippen molar-refractivity contribution in [1.82, 2.24) is 5.48 Å². The Balaban J connectivity index is 1.49. The minimum atomic E-state index is -0.621. The smallest absolute Gasteiger partial charge is 0.267 e. The number of hydrogen-bond donors (Lipinski definition) is 2. The van der Waals surface area contributed by atoms with Crippen LogP contribution in [0.4, 0.5) is 5.69 Å². The molecule has 144 valence electrons. The first kappa shape index (κ1) is 18.3. The van der Waals surface area contributed by atoms with Crippen LogP contribution in [-0.4, -0.2) is 35.6 Å². The highest BCUT2D eigenvalue weighted by molar-refractivity contribution is 6.01. The van der Waals surface area contributed by atoms with Crippen molar-refractivity contribution in [1.29, 1.82) is 0 Å². The van der Waals surface area contributed by atoms with Gasteiger partial charge < -0.3 is 9.64 Å². The topological polar surface area (TPSA) is 78.9 Å². The van der Waals surface area contributed by atoms with Crippen LogP contribution in [0.15, 0.2) is 54.6 Å². The number of piperidine rings is 1. The summed E-state index contributed by atoms with van der Waals surface area (Å²) >= 11 is 0. The maximum absolute atomic E-state index is 12.8. The number of amides is 1. The van der Waals surface area contributed by atoms with Gasteiger partial charge in [-0.15, -0.1) is 0 Å². The Morgan fingerprint density at radius 3 is 2.61 bits per heavy atom. The Labute approximate surface area is 163 Å². The normalized spacial score (nSPS) is 18.0. The van der Waals surface area contributed by atoms with Crippen molar-refractivity contribution >= 4 is 23.5 Å². The van der Waals surface area contributed by atoms with Crippen LogP contribution >= 0.6 is 0 Å². The SMILES string of the molecule is O=C(C=Cc1ccc2c(c1)C(=O)CC1(CCN(c3ccccc3)CC1)O2)NO. The minimum absolute atomic E-state index is 0.0660. The number of nitrogens with zero attached hydrogens (tertiary/aromatic N) is 1. The summed E-state index contributed by atoms with van der Waals surface area (Å²) in [7, 11) is 0. The number of Topliss-reactive ketones (excluding diaryl/α,β-unsaturated/α-hetero) is 1. The number of nitrogens with one attached hydrogen (secondary N) is 1. The van der Waals surface area contributed by atoms with E-state index in [2.05, 4.69) is 17.0 Å². The van der Waals surface area contributed by atoms with Gasteiger partial charge in [-0.3, -0.25) is 14.8 Å². The van der Waals surface area contributed by atoms with E-state index >= 15 is 0 Å². The lowest BCUT2D eigenvalue weighted by molar-refractivity contribution is -0.124. The molecule has 0 unspecified atom stereocenters. The van der Waals surface area contributed by atoms with Crippen molar-refractivity contribution in [3.8, 4) is 5.75 Å². The molecule has 28 heavy (non-hydrogen) atoms. The summed E-state index contributed by atoms with van der Waals surface area (Å²) < 4.78 is 6.33. The van der Waals surface area contributed by atoms with Crippen LogP contribution in [0, 0.1) is 0 Å². The second-order valence-electron chi connectivity index (χ2n) is 7.27. The number of ketones is 1. The van der Waals surface area contributed by atoms with E-state index in [4.69, 9.17) is 9.94 Å². The third-order valence-corrected chi connectivity index (χ3v) is 5.45. The summed E-state index contributed by atoms with van der Waals surface area (Å²) in [5.41, 5.74) is 3.54. The first-order valence-corrected chi connectivity index (χ1v) is 9.37. The van der Waals surface area contributed by atoms with Crippen LogP contribution in [0.3, 0.4) is 0 Å². The predicted molar refractivity (Wildman–Crippen MR) is 106 cm³/mol. The fourth-order valence-corrected chi connectivity index (χ4v) is 3.91. The van der Waals surface area contributed by atoms with Crippen LogP contribution in [0.2, 0.25) is 0 Å². The molecule has 1 saturated heterocycles. The maximum Gasteiger partial charge on any atom is 0.267 e. The summed E-state index contributed by atoms with van der Waals surface area (Å²) in [4.78, 5) is 26.3. The molecule has 4 rings (SSSR count). The lowest BCUT2D eigenvalue weighted by Gasteiger charge is -2.44. The van der Waals surface area contributed by atoms with Gasteiger partial charge in [0.2, 0.25) is 0 Å². The zero-order chi connectivity index (χ0) is 19.6. The molecular formula is C22H22N2O4. The van der Waals surface area contributed by atoms with E-state index in [1.165, 1.54) is 17.2 Å². The molecule has 2 heterocycles. The van der Waals surface area contributed by atoms with E-state index in [0.717, 1.165) is 25.9 Å². The number of hydrogen-bond acceptors (Lipinski definition) is 5. The van der Waals surface area contributed by atoms with E-state index < -0.39 is 11.5 Å². The van der Waals surface area contributed by atoms with Crippen molar-refractivity contribution in [2.24, 2.45) is 0 Å². The summed E-state index contributed by atoms with van der Waals surface area (Å²) in [5.74, 6) is 0.0499. The molecule has 1 amide bonds. The average molecular weight is 378 g/mol. The Kier molecular flexibility index (Phi) is 4.88. The van der Waals surface area contributed by atoms with Crippen molar-refractivity contribution in [2.75, 3.05) is 18.0 Å². The van der Waals surface area contributed by atoms with Crippen LogP contribution < -0.4 is 15.1 Å². The standard InChI is InChI=1S/C22H22N2O4/c25-19-15-22(10-12-24(13-11-22)17-4-2-1-3-5-17)28-20-8-6-16(14-18(19)20)7-9-21(26)23-27/h1-9,14,27H,10-13,15H2,(H,23,26). The molecule has 0 bridgehead atoms. The van der Waals surface area contributed by atoms with Crippen LogP contribution in [0.25, 0.3) is 6.08 Å². The van der Waals surface area contributed by atoms with Gasteiger partial charge in [0.15, 0.2) is 5.78 Å². The van der Waals surface area contributed by atoms with Crippen molar-refractivity contribution in [2.45, 2.75) is 24.9 Å². The first-order chi connectivity index (χ1) is 13.6. The first-order valence-electron chi connectivity index (χ1n) is 9.37. The Hall–Kier alpha value is -3.12. The highest BCUT2D eigenvalue weighted by atomic mass is 16.5. The van der Waals surface area contributed by atoms with E-state index in [0.29, 0.717) is 23.3 Å². The molecule has 0 aromatic heterocycles. The molecule has 1 spiro atoms. The summed E-state index contributed by atoms with van der Waals surface area (Å²) in [6.07, 6.45) is 4.71. The highest BCUT2D eigenvalue weighted by Crippen LogP contribution is 2.40. The van der Waals surface area contributed by atoms with Gasteiger partial charge in [-0.1, -0.05) is 24.3 Å². The van der Waals surface area contributed by atoms with Gasteiger partial charge in [0.1, 0.15) is 11.4 Å². The van der Waals surface area contributed by atoms with Gasteiger partial charge in [-0.05, 0) is 35.9 Å². The van der Waals surface area contributed by atoms with Crippen molar-refractivity contribution in [3.05, 3.63) is 65.7 Å². The quantitative estimate of drug-likeness (QED) is 0.487. The summed E-state index contributed by atoms with van der Waals surface area (Å²) in [5, 5.41) is 8.55. The number of benzene rings is 2. The lowest BCUT2D eigenvalue weighted by atomic mass is 9.82. The molecule has 2 aliphatic heterocycles. The minimum Gasteiger partial charge on any atom is -0.486 e. The number of carbonyl (C=O) groups is 2. The van der Waals surface area contributed by atoms with Crippen LogP contribution in [-0.2, 0) is 4.79 Å². The molecule has 2 aliphatic rings. The number of rotatable bonds is 3. The molecule has 6 heteroatoms. The Bertz CT molecular complexity index is 915. The second kappa shape index (κ2) is 7.48. The molecule has 0 radical (unpaired) electrons. The number of ether oxygens (including phenoxy) is 1. The maximum atomic E-state index is 12.8. The van der Waals surface area contributed by atoms with Gasteiger partial charge >= 0.3 is 0 Å². The number of anilines is 1. The summed E-state index contributed by atoms with van der Waals surface area (Å²) in [6, 6.07) is 15.6. The molecule has 2 N–H and O–H groups in total. The average Bonchev–Trinajstić information content (AvgIpc) is 2.73. The van der Waals surface area contributed by atoms with Gasteiger partial charge in [0.25, 0.3) is 5.91 Å². The predicted octanol–water partition coefficient (Wildman–Crippen LogP) is 3.21. The Morgan fingerprint density at radius 2 is 1.89 bits per heavy atom. The van der Waals surface area contributed by atoms with Gasteiger partial charge in [-0.25, -0.2) is 5.48 Å². The molecule has 2 aromatic rings. The number of fused-ring (bicyclic) bond motifs is 1. The van der Waals surface area contributed by atoms with E-state index in [1.807, 2.05) is 18.2 Å². The lowest BCUT2D eigenvalue weighted by Crippen LogP contribution is -2.51. The number of carbonyl (C=O) groups excluding carboxylic acids is 2. The number of para-hydroxylation sites is 1. The van der Waals surface area contributed by atoms with E-state index in [1.54, 1.807) is 24.3 Å². The van der Waals surface area contributed by atoms with E-state index in [9.17, 15) is 9.59 Å². The third kappa shape index (κ3) is 3.64. The molecule has 0 saturated carbocycles.